The molecule has 0 unspecified atom stereocenters. The predicted molar refractivity (Wildman–Crippen MR) is 98.3 cm³/mol. The first-order valence-electron chi connectivity index (χ1n) is 9.26. The molecule has 3 N–H and O–H groups in total. The standard InChI is InChI=1S/C21H24O7/c1-12-2-4-13(5-3-12)10-25-21-18(24)17(23)19-16(27-21)11-26-20(28-19)14-6-8-15(22)9-7-14/h2-9,16-24H,10-11H2,1H3/t16-,17-,18-,19-,20-,21-/m1/s1. The molecular weight excluding hydrogens is 364 g/mol. The average Bonchev–Trinajstić information content (AvgIpc) is 2.71. The van der Waals surface area contributed by atoms with E-state index in [2.05, 4.69) is 0 Å². The molecule has 0 saturated carbocycles. The first-order valence-corrected chi connectivity index (χ1v) is 9.26. The molecule has 0 amide bonds. The van der Waals surface area contributed by atoms with Crippen LogP contribution in [0.15, 0.2) is 48.5 Å². The van der Waals surface area contributed by atoms with Crippen LogP contribution in [0.25, 0.3) is 0 Å². The second kappa shape index (κ2) is 8.16. The number of rotatable bonds is 4. The van der Waals surface area contributed by atoms with Gasteiger partial charge in [0.15, 0.2) is 12.6 Å². The average molecular weight is 388 g/mol. The van der Waals surface area contributed by atoms with E-state index >= 15 is 0 Å². The van der Waals surface area contributed by atoms with Crippen LogP contribution in [-0.2, 0) is 25.6 Å². The van der Waals surface area contributed by atoms with E-state index in [4.69, 9.17) is 18.9 Å². The molecule has 4 rings (SSSR count). The summed E-state index contributed by atoms with van der Waals surface area (Å²) >= 11 is 0. The van der Waals surface area contributed by atoms with E-state index in [0.717, 1.165) is 11.1 Å². The lowest BCUT2D eigenvalue weighted by atomic mass is 9.98. The second-order valence-electron chi connectivity index (χ2n) is 7.18. The lowest BCUT2D eigenvalue weighted by Crippen LogP contribution is -2.62. The summed E-state index contributed by atoms with van der Waals surface area (Å²) in [5.74, 6) is 0.141. The van der Waals surface area contributed by atoms with Crippen molar-refractivity contribution in [3.63, 3.8) is 0 Å². The van der Waals surface area contributed by atoms with Gasteiger partial charge in [-0.05, 0) is 24.6 Å². The molecule has 2 saturated heterocycles. The number of aromatic hydroxyl groups is 1. The van der Waals surface area contributed by atoms with Gasteiger partial charge in [0.25, 0.3) is 0 Å². The summed E-state index contributed by atoms with van der Waals surface area (Å²) in [5.41, 5.74) is 2.80. The van der Waals surface area contributed by atoms with Crippen LogP contribution in [0.5, 0.6) is 5.75 Å². The quantitative estimate of drug-likeness (QED) is 0.734. The molecule has 2 aliphatic heterocycles. The van der Waals surface area contributed by atoms with Gasteiger partial charge in [-0.15, -0.1) is 0 Å². The molecule has 150 valence electrons. The number of aryl methyl sites for hydroxylation is 1. The first-order chi connectivity index (χ1) is 13.5. The second-order valence-corrected chi connectivity index (χ2v) is 7.18. The van der Waals surface area contributed by atoms with E-state index in [-0.39, 0.29) is 19.0 Å². The molecule has 0 aromatic heterocycles. The molecule has 28 heavy (non-hydrogen) atoms. The van der Waals surface area contributed by atoms with Crippen LogP contribution in [0.2, 0.25) is 0 Å². The summed E-state index contributed by atoms with van der Waals surface area (Å²) in [6.07, 6.45) is -5.42. The van der Waals surface area contributed by atoms with Crippen molar-refractivity contribution in [3.8, 4) is 5.75 Å². The normalized spacial score (nSPS) is 32.7. The van der Waals surface area contributed by atoms with Gasteiger partial charge in [-0.25, -0.2) is 0 Å². The predicted octanol–water partition coefficient (Wildman–Crippen LogP) is 1.78. The molecular formula is C21H24O7. The number of phenols is 1. The van der Waals surface area contributed by atoms with Crippen molar-refractivity contribution in [1.82, 2.24) is 0 Å². The zero-order valence-electron chi connectivity index (χ0n) is 15.5. The van der Waals surface area contributed by atoms with Crippen LogP contribution in [0.1, 0.15) is 23.0 Å². The Balaban J connectivity index is 1.39. The summed E-state index contributed by atoms with van der Waals surface area (Å²) in [7, 11) is 0. The van der Waals surface area contributed by atoms with E-state index in [0.29, 0.717) is 5.56 Å². The lowest BCUT2D eigenvalue weighted by Gasteiger charge is -2.46. The number of fused-ring (bicyclic) bond motifs is 1. The van der Waals surface area contributed by atoms with E-state index in [1.165, 1.54) is 12.1 Å². The van der Waals surface area contributed by atoms with E-state index in [1.54, 1.807) is 12.1 Å². The van der Waals surface area contributed by atoms with Crippen molar-refractivity contribution in [2.24, 2.45) is 0 Å². The molecule has 0 radical (unpaired) electrons. The topological polar surface area (TPSA) is 97.6 Å². The number of aliphatic hydroxyl groups is 2. The highest BCUT2D eigenvalue weighted by atomic mass is 16.8. The van der Waals surface area contributed by atoms with Crippen molar-refractivity contribution >= 4 is 0 Å². The Morgan fingerprint density at radius 1 is 0.964 bits per heavy atom. The Hall–Kier alpha value is -2.00. The van der Waals surface area contributed by atoms with Gasteiger partial charge < -0.3 is 34.3 Å². The van der Waals surface area contributed by atoms with Crippen LogP contribution in [-0.4, -0.2) is 52.6 Å². The van der Waals surface area contributed by atoms with Gasteiger partial charge >= 0.3 is 0 Å². The summed E-state index contributed by atoms with van der Waals surface area (Å²) in [5, 5.41) is 30.4. The summed E-state index contributed by atoms with van der Waals surface area (Å²) in [4.78, 5) is 0. The minimum absolute atomic E-state index is 0.141. The van der Waals surface area contributed by atoms with Crippen molar-refractivity contribution in [2.45, 2.75) is 50.5 Å². The zero-order chi connectivity index (χ0) is 19.7. The molecule has 2 aromatic rings. The van der Waals surface area contributed by atoms with E-state index in [1.807, 2.05) is 31.2 Å². The third-order valence-corrected chi connectivity index (χ3v) is 5.03. The maximum absolute atomic E-state index is 10.6. The summed E-state index contributed by atoms with van der Waals surface area (Å²) in [6, 6.07) is 14.3. The number of aliphatic hydroxyl groups excluding tert-OH is 2. The molecule has 6 atom stereocenters. The molecule has 0 aliphatic carbocycles. The number of benzene rings is 2. The third-order valence-electron chi connectivity index (χ3n) is 5.03. The molecule has 0 bridgehead atoms. The van der Waals surface area contributed by atoms with Gasteiger partial charge in [0.1, 0.15) is 30.2 Å². The minimum atomic E-state index is -1.25. The van der Waals surface area contributed by atoms with Crippen LogP contribution < -0.4 is 0 Å². The first kappa shape index (κ1) is 19.3. The van der Waals surface area contributed by atoms with Gasteiger partial charge in [-0.2, -0.15) is 0 Å². The van der Waals surface area contributed by atoms with Crippen molar-refractivity contribution in [1.29, 1.82) is 0 Å². The Morgan fingerprint density at radius 3 is 2.39 bits per heavy atom. The Bertz CT molecular complexity index is 774. The Morgan fingerprint density at radius 2 is 1.68 bits per heavy atom. The van der Waals surface area contributed by atoms with Crippen LogP contribution in [0.3, 0.4) is 0 Å². The molecule has 0 spiro atoms. The van der Waals surface area contributed by atoms with Gasteiger partial charge in [0, 0.05) is 5.56 Å². The van der Waals surface area contributed by atoms with Gasteiger partial charge in [-0.3, -0.25) is 0 Å². The Kier molecular flexibility index (Phi) is 5.63. The van der Waals surface area contributed by atoms with Crippen LogP contribution in [0.4, 0.5) is 0 Å². The lowest BCUT2D eigenvalue weighted by molar-refractivity contribution is -0.362. The smallest absolute Gasteiger partial charge is 0.187 e. The van der Waals surface area contributed by atoms with Crippen molar-refractivity contribution in [3.05, 3.63) is 65.2 Å². The van der Waals surface area contributed by atoms with Gasteiger partial charge in [-0.1, -0.05) is 42.0 Å². The highest BCUT2D eigenvalue weighted by Gasteiger charge is 2.49. The fourth-order valence-electron chi connectivity index (χ4n) is 3.38. The molecule has 2 heterocycles. The molecule has 2 aromatic carbocycles. The van der Waals surface area contributed by atoms with Gasteiger partial charge in [0.2, 0.25) is 0 Å². The largest absolute Gasteiger partial charge is 0.508 e. The van der Waals surface area contributed by atoms with Crippen molar-refractivity contribution in [2.75, 3.05) is 6.61 Å². The highest BCUT2D eigenvalue weighted by Crippen LogP contribution is 2.34. The number of hydrogen-bond donors (Lipinski definition) is 3. The third kappa shape index (κ3) is 4.05. The molecule has 2 aliphatic rings. The molecule has 7 nitrogen and oxygen atoms in total. The fraction of sp³-hybridized carbons (Fsp3) is 0.429. The minimum Gasteiger partial charge on any atom is -0.508 e. The SMILES string of the molecule is Cc1ccc(CO[C@@H]2O[C@@H]3CO[C@@H](c4ccc(O)cc4)O[C@H]3[C@H](O)[C@H]2O)cc1. The zero-order valence-corrected chi connectivity index (χ0v) is 15.5. The van der Waals surface area contributed by atoms with E-state index in [9.17, 15) is 15.3 Å². The fourth-order valence-corrected chi connectivity index (χ4v) is 3.38. The maximum atomic E-state index is 10.6. The van der Waals surface area contributed by atoms with Crippen molar-refractivity contribution < 1.29 is 34.3 Å². The molecule has 7 heteroatoms. The maximum Gasteiger partial charge on any atom is 0.187 e. The number of phenolic OH excluding ortho intramolecular Hbond substituents is 1. The van der Waals surface area contributed by atoms with E-state index < -0.39 is 37.0 Å². The van der Waals surface area contributed by atoms with Crippen LogP contribution >= 0.6 is 0 Å². The summed E-state index contributed by atoms with van der Waals surface area (Å²) in [6.45, 7) is 2.44. The van der Waals surface area contributed by atoms with Gasteiger partial charge in [0.05, 0.1) is 13.2 Å². The number of ether oxygens (including phenoxy) is 4. The van der Waals surface area contributed by atoms with Crippen LogP contribution in [0, 0.1) is 6.92 Å². The summed E-state index contributed by atoms with van der Waals surface area (Å²) < 4.78 is 23.0. The Labute approximate surface area is 163 Å². The monoisotopic (exact) mass is 388 g/mol. The number of hydrogen-bond acceptors (Lipinski definition) is 7. The highest BCUT2D eigenvalue weighted by molar-refractivity contribution is 5.27. The molecule has 2 fully saturated rings.